The highest BCUT2D eigenvalue weighted by Gasteiger charge is 2.68. The zero-order valence-corrected chi connectivity index (χ0v) is 22.4. The van der Waals surface area contributed by atoms with E-state index in [0.717, 1.165) is 44.9 Å². The van der Waals surface area contributed by atoms with Crippen LogP contribution in [0.15, 0.2) is 11.6 Å². The Morgan fingerprint density at radius 2 is 1.66 bits per heavy atom. The molecular formula is C27H44O4Si. The molecule has 0 aromatic heterocycles. The minimum atomic E-state index is -1.81. The minimum absolute atomic E-state index is 0.0370. The maximum Gasteiger partial charge on any atom is 0.192 e. The average molecular weight is 461 g/mol. The highest BCUT2D eigenvalue weighted by Crippen LogP contribution is 2.68. The highest BCUT2D eigenvalue weighted by atomic mass is 28.4. The summed E-state index contributed by atoms with van der Waals surface area (Å²) in [5, 5.41) is 0.215. The first-order chi connectivity index (χ1) is 14.8. The van der Waals surface area contributed by atoms with Crippen molar-refractivity contribution in [1.29, 1.82) is 0 Å². The third kappa shape index (κ3) is 3.13. The molecule has 180 valence electrons. The quantitative estimate of drug-likeness (QED) is 0.456. The summed E-state index contributed by atoms with van der Waals surface area (Å²) >= 11 is 0. The van der Waals surface area contributed by atoms with Crippen LogP contribution in [0.1, 0.15) is 79.6 Å². The molecule has 1 spiro atoms. The van der Waals surface area contributed by atoms with Crippen LogP contribution in [0.25, 0.3) is 0 Å². The normalized spacial score (nSPS) is 43.6. The second kappa shape index (κ2) is 7.25. The number of hydrogen-bond acceptors (Lipinski definition) is 4. The molecule has 1 saturated heterocycles. The Balaban J connectivity index is 1.40. The minimum Gasteiger partial charge on any atom is -0.414 e. The first kappa shape index (κ1) is 23.3. The Labute approximate surface area is 196 Å². The first-order valence-electron chi connectivity index (χ1n) is 13.0. The van der Waals surface area contributed by atoms with Gasteiger partial charge >= 0.3 is 0 Å². The summed E-state index contributed by atoms with van der Waals surface area (Å²) in [6, 6.07) is 0. The molecule has 1 aliphatic heterocycles. The third-order valence-corrected chi connectivity index (χ3v) is 15.5. The molecule has 0 amide bonds. The van der Waals surface area contributed by atoms with Crippen molar-refractivity contribution in [3.63, 3.8) is 0 Å². The lowest BCUT2D eigenvalue weighted by molar-refractivity contribution is -0.240. The molecule has 0 N–H and O–H groups in total. The van der Waals surface area contributed by atoms with Crippen LogP contribution in [0.5, 0.6) is 0 Å². The predicted molar refractivity (Wildman–Crippen MR) is 129 cm³/mol. The van der Waals surface area contributed by atoms with Crippen molar-refractivity contribution in [3.05, 3.63) is 11.6 Å². The molecular weight excluding hydrogens is 416 g/mol. The number of ether oxygens (including phenoxy) is 2. The van der Waals surface area contributed by atoms with E-state index in [-0.39, 0.29) is 27.9 Å². The van der Waals surface area contributed by atoms with Crippen molar-refractivity contribution in [2.75, 3.05) is 13.2 Å². The number of carbonyl (C=O) groups excluding carboxylic acids is 1. The second-order valence-corrected chi connectivity index (χ2v) is 18.2. The summed E-state index contributed by atoms with van der Waals surface area (Å²) in [7, 11) is -1.81. The Morgan fingerprint density at radius 3 is 2.31 bits per heavy atom. The Bertz CT molecular complexity index is 820. The summed E-state index contributed by atoms with van der Waals surface area (Å²) in [6.07, 6.45) is 9.76. The number of allylic oxidation sites excluding steroid dienone is 1. The van der Waals surface area contributed by atoms with Gasteiger partial charge in [-0.25, -0.2) is 0 Å². The lowest BCUT2D eigenvalue weighted by Crippen LogP contribution is -2.57. The molecule has 4 fully saturated rings. The number of fused-ring (bicyclic) bond motifs is 6. The molecule has 1 heterocycles. The van der Waals surface area contributed by atoms with E-state index >= 15 is 0 Å². The van der Waals surface area contributed by atoms with Crippen molar-refractivity contribution in [2.45, 2.75) is 110 Å². The molecule has 1 unspecified atom stereocenters. The van der Waals surface area contributed by atoms with Crippen LogP contribution in [0.2, 0.25) is 18.1 Å². The molecule has 0 radical (unpaired) electrons. The van der Waals surface area contributed by atoms with E-state index < -0.39 is 14.1 Å². The number of rotatable bonds is 2. The Morgan fingerprint density at radius 1 is 1.00 bits per heavy atom. The van der Waals surface area contributed by atoms with Crippen LogP contribution in [-0.4, -0.2) is 39.2 Å². The highest BCUT2D eigenvalue weighted by molar-refractivity contribution is 6.74. The molecule has 5 heteroatoms. The van der Waals surface area contributed by atoms with Crippen LogP contribution >= 0.6 is 0 Å². The van der Waals surface area contributed by atoms with E-state index in [9.17, 15) is 4.79 Å². The van der Waals surface area contributed by atoms with Crippen molar-refractivity contribution >= 4 is 14.1 Å². The maximum absolute atomic E-state index is 13.7. The Kier molecular flexibility index (Phi) is 5.27. The van der Waals surface area contributed by atoms with E-state index in [2.05, 4.69) is 53.8 Å². The van der Waals surface area contributed by atoms with Gasteiger partial charge in [-0.2, -0.15) is 0 Å². The van der Waals surface area contributed by atoms with Gasteiger partial charge in [0, 0.05) is 23.9 Å². The fourth-order valence-corrected chi connectivity index (χ4v) is 9.34. The monoisotopic (exact) mass is 460 g/mol. The summed E-state index contributed by atoms with van der Waals surface area (Å²) < 4.78 is 19.3. The van der Waals surface area contributed by atoms with Gasteiger partial charge in [0.15, 0.2) is 19.9 Å². The first-order valence-corrected chi connectivity index (χ1v) is 15.9. The van der Waals surface area contributed by atoms with E-state index in [1.807, 2.05) is 0 Å². The largest absolute Gasteiger partial charge is 0.414 e. The molecule has 5 aliphatic rings. The zero-order chi connectivity index (χ0) is 23.2. The number of ketones is 1. The fraction of sp³-hybridized carbons (Fsp3) is 0.889. The van der Waals surface area contributed by atoms with Crippen molar-refractivity contribution < 1.29 is 18.7 Å². The predicted octanol–water partition coefficient (Wildman–Crippen LogP) is 6.26. The molecule has 0 bridgehead atoms. The third-order valence-electron chi connectivity index (χ3n) is 11.0. The molecule has 0 aromatic rings. The lowest BCUT2D eigenvalue weighted by atomic mass is 9.47. The van der Waals surface area contributed by atoms with Gasteiger partial charge in [0.2, 0.25) is 0 Å². The van der Waals surface area contributed by atoms with E-state index in [4.69, 9.17) is 13.9 Å². The van der Waals surface area contributed by atoms with Crippen molar-refractivity contribution in [2.24, 2.45) is 28.6 Å². The molecule has 4 nitrogen and oxygen atoms in total. The zero-order valence-electron chi connectivity index (χ0n) is 21.4. The number of carbonyl (C=O) groups is 1. The summed E-state index contributed by atoms with van der Waals surface area (Å²) in [5.41, 5.74) is 1.48. The smallest absolute Gasteiger partial charge is 0.192 e. The Hall–Kier alpha value is -0.493. The molecule has 6 atom stereocenters. The average Bonchev–Trinajstić information content (AvgIpc) is 3.28. The van der Waals surface area contributed by atoms with Crippen LogP contribution in [0.4, 0.5) is 0 Å². The van der Waals surface area contributed by atoms with Crippen LogP contribution in [0, 0.1) is 28.6 Å². The van der Waals surface area contributed by atoms with Gasteiger partial charge in [-0.3, -0.25) is 4.79 Å². The van der Waals surface area contributed by atoms with Crippen molar-refractivity contribution in [3.8, 4) is 0 Å². The van der Waals surface area contributed by atoms with Gasteiger partial charge in [0.25, 0.3) is 0 Å². The van der Waals surface area contributed by atoms with Crippen LogP contribution < -0.4 is 0 Å². The topological polar surface area (TPSA) is 44.8 Å². The number of hydrogen-bond donors (Lipinski definition) is 0. The molecule has 4 aliphatic carbocycles. The lowest BCUT2D eigenvalue weighted by Gasteiger charge is -2.58. The van der Waals surface area contributed by atoms with Gasteiger partial charge in [0.1, 0.15) is 0 Å². The summed E-state index contributed by atoms with van der Waals surface area (Å²) in [6.45, 7) is 17.8. The van der Waals surface area contributed by atoms with E-state index in [0.29, 0.717) is 30.8 Å². The van der Waals surface area contributed by atoms with Gasteiger partial charge in [-0.1, -0.05) is 40.2 Å². The van der Waals surface area contributed by atoms with E-state index in [1.165, 1.54) is 5.57 Å². The van der Waals surface area contributed by atoms with Gasteiger partial charge in [-0.05, 0) is 80.0 Å². The van der Waals surface area contributed by atoms with Gasteiger partial charge < -0.3 is 13.9 Å². The van der Waals surface area contributed by atoms with Gasteiger partial charge in [0.05, 0.1) is 13.2 Å². The van der Waals surface area contributed by atoms with Crippen LogP contribution in [0.3, 0.4) is 0 Å². The molecule has 0 aromatic carbocycles. The standard InChI is InChI=1S/C27H44O4Si/c1-24(2,3)32(6,7)31-19-8-11-25(4)18(16-19)17-22(28)23-20(25)9-12-26(5)21(23)10-13-27(26)29-14-15-30-27/h17,19-21,23H,8-16H2,1-7H3/t19?,20-,21-,23+,25-,26-/m0/s1. The SMILES string of the molecule is CC(C)(C)[Si](C)(C)OC1CC[C@@]2(C)C(=CC(=O)[C@@H]3[C@@H]2CC[C@@]2(C)[C@H]3CCC23OCCO3)C1. The fourth-order valence-electron chi connectivity index (χ4n) is 7.95. The summed E-state index contributed by atoms with van der Waals surface area (Å²) in [5.74, 6) is 0.901. The second-order valence-electron chi connectivity index (χ2n) is 13.4. The van der Waals surface area contributed by atoms with Crippen molar-refractivity contribution in [1.82, 2.24) is 0 Å². The van der Waals surface area contributed by atoms with Gasteiger partial charge in [-0.15, -0.1) is 0 Å². The molecule has 3 saturated carbocycles. The maximum atomic E-state index is 13.7. The summed E-state index contributed by atoms with van der Waals surface area (Å²) in [4.78, 5) is 13.7. The molecule has 5 rings (SSSR count). The van der Waals surface area contributed by atoms with E-state index in [1.54, 1.807) is 0 Å². The van der Waals surface area contributed by atoms with Crippen LogP contribution in [-0.2, 0) is 18.7 Å². The molecule has 32 heavy (non-hydrogen) atoms.